The van der Waals surface area contributed by atoms with E-state index in [2.05, 4.69) is 9.51 Å². The molecule has 9 nitrogen and oxygen atoms in total. The average Bonchev–Trinajstić information content (AvgIpc) is 2.80. The zero-order valence-corrected chi connectivity index (χ0v) is 12.6. The molecule has 0 radical (unpaired) electrons. The Kier molecular flexibility index (Phi) is 4.80. The second-order valence-electron chi connectivity index (χ2n) is 4.61. The van der Waals surface area contributed by atoms with Gasteiger partial charge in [0.2, 0.25) is 0 Å². The van der Waals surface area contributed by atoms with Crippen molar-refractivity contribution in [2.24, 2.45) is 0 Å². The van der Waals surface area contributed by atoms with Crippen molar-refractivity contribution in [3.8, 4) is 0 Å². The van der Waals surface area contributed by atoms with Gasteiger partial charge >= 0.3 is 13.5 Å². The molecule has 2 rings (SSSR count). The number of nitrogen functional groups attached to an aromatic ring is 1. The summed E-state index contributed by atoms with van der Waals surface area (Å²) < 4.78 is 28.0. The Morgan fingerprint density at radius 3 is 2.95 bits per heavy atom. The highest BCUT2D eigenvalue weighted by Gasteiger charge is 2.40. The quantitative estimate of drug-likeness (QED) is 0.758. The minimum Gasteiger partial charge on any atom is -0.383 e. The number of nitrogens with two attached hydrogens (primary N) is 1. The summed E-state index contributed by atoms with van der Waals surface area (Å²) in [5.41, 5.74) is 4.88. The van der Waals surface area contributed by atoms with Crippen LogP contribution in [0.2, 0.25) is 0 Å². The van der Waals surface area contributed by atoms with Gasteiger partial charge in [0.25, 0.3) is 0 Å². The van der Waals surface area contributed by atoms with E-state index in [1.54, 1.807) is 0 Å². The lowest BCUT2D eigenvalue weighted by atomic mass is 10.1. The van der Waals surface area contributed by atoms with Crippen LogP contribution >= 0.6 is 7.82 Å². The van der Waals surface area contributed by atoms with E-state index in [9.17, 15) is 14.3 Å². The highest BCUT2D eigenvalue weighted by atomic mass is 31.2. The Bertz CT molecular complexity index is 606. The summed E-state index contributed by atoms with van der Waals surface area (Å²) in [4.78, 5) is 24.8. The molecule has 0 saturated carbocycles. The maximum atomic E-state index is 11.8. The number of hydrogen-bond donors (Lipinski definition) is 2. The van der Waals surface area contributed by atoms with E-state index in [1.807, 2.05) is 6.92 Å². The summed E-state index contributed by atoms with van der Waals surface area (Å²) >= 11 is 0. The second-order valence-corrected chi connectivity index (χ2v) is 6.12. The maximum Gasteiger partial charge on any atom is 0.472 e. The van der Waals surface area contributed by atoms with Crippen LogP contribution < -0.4 is 11.4 Å². The van der Waals surface area contributed by atoms with Crippen molar-refractivity contribution >= 4 is 13.6 Å². The molecule has 0 aliphatic carbocycles. The number of phosphoric ester groups is 1. The molecular formula is C11H18N3O6P. The summed E-state index contributed by atoms with van der Waals surface area (Å²) in [5.74, 6) is 0.119. The smallest absolute Gasteiger partial charge is 0.383 e. The monoisotopic (exact) mass is 319 g/mol. The Labute approximate surface area is 121 Å². The Morgan fingerprint density at radius 2 is 2.38 bits per heavy atom. The van der Waals surface area contributed by atoms with E-state index in [0.717, 1.165) is 7.11 Å². The molecule has 1 aromatic heterocycles. The Hall–Kier alpha value is -1.25. The molecule has 10 heteroatoms. The third kappa shape index (κ3) is 3.69. The largest absolute Gasteiger partial charge is 0.472 e. The van der Waals surface area contributed by atoms with Crippen molar-refractivity contribution in [1.82, 2.24) is 9.55 Å². The Balaban J connectivity index is 2.18. The van der Waals surface area contributed by atoms with Crippen molar-refractivity contribution in [3.63, 3.8) is 0 Å². The molecule has 1 aliphatic rings. The molecule has 1 fully saturated rings. The normalized spacial score (nSPS) is 28.4. The maximum absolute atomic E-state index is 11.8. The first-order valence-corrected chi connectivity index (χ1v) is 7.93. The summed E-state index contributed by atoms with van der Waals surface area (Å²) in [6, 6.07) is 1.48. The molecule has 0 bridgehead atoms. The number of ether oxygens (including phenoxy) is 1. The number of anilines is 1. The number of rotatable bonds is 5. The van der Waals surface area contributed by atoms with Crippen molar-refractivity contribution in [2.75, 3.05) is 12.8 Å². The van der Waals surface area contributed by atoms with E-state index >= 15 is 0 Å². The van der Waals surface area contributed by atoms with Crippen LogP contribution in [-0.2, 0) is 18.3 Å². The zero-order chi connectivity index (χ0) is 15.6. The van der Waals surface area contributed by atoms with Gasteiger partial charge in [0.1, 0.15) is 12.0 Å². The number of phosphoric acid groups is 1. The molecule has 0 aromatic carbocycles. The third-order valence-electron chi connectivity index (χ3n) is 3.24. The first-order chi connectivity index (χ1) is 9.86. The van der Waals surface area contributed by atoms with E-state index in [-0.39, 0.29) is 12.2 Å². The van der Waals surface area contributed by atoms with Crippen molar-refractivity contribution in [1.29, 1.82) is 0 Å². The van der Waals surface area contributed by atoms with Gasteiger partial charge in [-0.1, -0.05) is 6.92 Å². The molecule has 4 atom stereocenters. The molecule has 3 N–H and O–H groups in total. The molecule has 2 heterocycles. The summed E-state index contributed by atoms with van der Waals surface area (Å²) in [6.45, 7) is 1.85. The van der Waals surface area contributed by atoms with E-state index in [1.165, 1.54) is 16.8 Å². The number of aromatic nitrogens is 2. The lowest BCUT2D eigenvalue weighted by Gasteiger charge is -2.18. The van der Waals surface area contributed by atoms with Gasteiger partial charge in [-0.3, -0.25) is 13.6 Å². The van der Waals surface area contributed by atoms with Gasteiger partial charge in [0.15, 0.2) is 0 Å². The van der Waals surface area contributed by atoms with Gasteiger partial charge in [-0.05, 0) is 12.5 Å². The first kappa shape index (κ1) is 16.1. The molecule has 0 amide bonds. The van der Waals surface area contributed by atoms with Crippen molar-refractivity contribution in [3.05, 3.63) is 22.7 Å². The highest BCUT2D eigenvalue weighted by molar-refractivity contribution is 7.47. The van der Waals surface area contributed by atoms with E-state index in [4.69, 9.17) is 15.0 Å². The molecule has 118 valence electrons. The summed E-state index contributed by atoms with van der Waals surface area (Å²) in [7, 11) is -3.03. The fourth-order valence-electron chi connectivity index (χ4n) is 2.20. The fraction of sp³-hybridized carbons (Fsp3) is 0.636. The van der Waals surface area contributed by atoms with Crippen molar-refractivity contribution < 1.29 is 23.2 Å². The topological polar surface area (TPSA) is 126 Å². The van der Waals surface area contributed by atoms with Gasteiger partial charge in [0, 0.05) is 19.7 Å². The molecular weight excluding hydrogens is 301 g/mol. The first-order valence-electron chi connectivity index (χ1n) is 6.43. The highest BCUT2D eigenvalue weighted by Crippen LogP contribution is 2.47. The van der Waals surface area contributed by atoms with Crippen LogP contribution in [0.5, 0.6) is 0 Å². The van der Waals surface area contributed by atoms with Crippen LogP contribution in [0.1, 0.15) is 26.0 Å². The van der Waals surface area contributed by atoms with Crippen LogP contribution in [0.25, 0.3) is 0 Å². The van der Waals surface area contributed by atoms with E-state index in [0.29, 0.717) is 6.42 Å². The second kappa shape index (κ2) is 6.25. The molecule has 2 unspecified atom stereocenters. The third-order valence-corrected chi connectivity index (χ3v) is 4.24. The summed E-state index contributed by atoms with van der Waals surface area (Å²) in [5, 5.41) is 0. The van der Waals surface area contributed by atoms with Gasteiger partial charge in [-0.15, -0.1) is 0 Å². The average molecular weight is 319 g/mol. The lowest BCUT2D eigenvalue weighted by molar-refractivity contribution is -0.0221. The number of nitrogens with zero attached hydrogens (tertiary/aromatic N) is 2. The van der Waals surface area contributed by atoms with Crippen LogP contribution in [0.15, 0.2) is 17.1 Å². The van der Waals surface area contributed by atoms with Gasteiger partial charge in [-0.2, -0.15) is 4.98 Å². The lowest BCUT2D eigenvalue weighted by Crippen LogP contribution is -2.27. The predicted molar refractivity (Wildman–Crippen MR) is 73.4 cm³/mol. The molecule has 1 saturated heterocycles. The van der Waals surface area contributed by atoms with Crippen molar-refractivity contribution in [2.45, 2.75) is 38.2 Å². The SMILES string of the molecule is CC[C@H]1O[C@@H](n2ccc(N)nc2=O)CC1OP(=O)(O)OC. The van der Waals surface area contributed by atoms with E-state index < -0.39 is 31.9 Å². The van der Waals surface area contributed by atoms with Gasteiger partial charge < -0.3 is 15.4 Å². The molecule has 1 aliphatic heterocycles. The number of hydrogen-bond acceptors (Lipinski definition) is 7. The van der Waals surface area contributed by atoms with Crippen LogP contribution in [0.4, 0.5) is 5.82 Å². The van der Waals surface area contributed by atoms with Gasteiger partial charge in [-0.25, -0.2) is 9.36 Å². The Morgan fingerprint density at radius 1 is 1.67 bits per heavy atom. The van der Waals surface area contributed by atoms with Gasteiger partial charge in [0.05, 0.1) is 12.2 Å². The fourth-order valence-corrected chi connectivity index (χ4v) is 2.85. The minimum atomic E-state index is -4.11. The van der Waals surface area contributed by atoms with Crippen LogP contribution in [0.3, 0.4) is 0 Å². The molecule has 21 heavy (non-hydrogen) atoms. The molecule has 1 aromatic rings. The molecule has 0 spiro atoms. The minimum absolute atomic E-state index is 0.119. The predicted octanol–water partition coefficient (Wildman–Crippen LogP) is 0.655. The summed E-state index contributed by atoms with van der Waals surface area (Å²) in [6.07, 6.45) is 0.562. The van der Waals surface area contributed by atoms with Crippen LogP contribution in [-0.4, -0.2) is 33.8 Å². The zero-order valence-electron chi connectivity index (χ0n) is 11.7. The standard InChI is InChI=1S/C11H18N3O6P/c1-3-7-8(20-21(16,17)18-2)6-10(19-7)14-5-4-9(12)13-11(14)15/h4-5,7-8,10H,3,6H2,1-2H3,(H,16,17)(H2,12,13,15)/t7-,8?,10-/m1/s1. The van der Waals surface area contributed by atoms with Crippen LogP contribution in [0, 0.1) is 0 Å².